The van der Waals surface area contributed by atoms with Crippen LogP contribution in [0.1, 0.15) is 34.1 Å². The van der Waals surface area contributed by atoms with Crippen LogP contribution in [0.2, 0.25) is 0 Å². The number of hydrogen-bond acceptors (Lipinski definition) is 9. The number of anilines is 5. The molecule has 0 atom stereocenters. The highest BCUT2D eigenvalue weighted by atomic mass is 16.2. The molecule has 3 rings (SSSR count). The number of carbonyl (C=O) groups is 4. The summed E-state index contributed by atoms with van der Waals surface area (Å²) in [6.07, 6.45) is 5.28. The lowest BCUT2D eigenvalue weighted by Crippen LogP contribution is -2.34. The number of likely N-dealkylation sites (N-methyl/N-ethyl adjacent to an activating group) is 2. The minimum Gasteiger partial charge on any atom is -0.369 e. The van der Waals surface area contributed by atoms with Crippen LogP contribution in [0.15, 0.2) is 66.9 Å². The highest BCUT2D eigenvalue weighted by molar-refractivity contribution is 6.07. The summed E-state index contributed by atoms with van der Waals surface area (Å²) in [4.78, 5) is 59.1. The maximum Gasteiger partial charge on any atom is 0.260 e. The van der Waals surface area contributed by atoms with Crippen molar-refractivity contribution in [2.24, 2.45) is 5.73 Å². The van der Waals surface area contributed by atoms with Crippen LogP contribution in [0.5, 0.6) is 0 Å². The molecular formula is C29H35N9O4. The van der Waals surface area contributed by atoms with Gasteiger partial charge in [-0.3, -0.25) is 19.2 Å². The Kier molecular flexibility index (Phi) is 11.5. The van der Waals surface area contributed by atoms with Crippen LogP contribution >= 0.6 is 0 Å². The maximum atomic E-state index is 13.2. The van der Waals surface area contributed by atoms with Crippen molar-refractivity contribution in [3.05, 3.63) is 78.0 Å². The number of nitrogens with one attached hydrogen (secondary N) is 5. The van der Waals surface area contributed by atoms with Crippen LogP contribution in [0.4, 0.5) is 28.8 Å². The average Bonchev–Trinajstić information content (AvgIpc) is 2.96. The molecule has 0 aliphatic carbocycles. The normalized spacial score (nSPS) is 10.6. The first kappa shape index (κ1) is 31.2. The van der Waals surface area contributed by atoms with Crippen molar-refractivity contribution in [2.75, 3.05) is 55.0 Å². The second kappa shape index (κ2) is 15.5. The topological polar surface area (TPSA) is 183 Å². The van der Waals surface area contributed by atoms with E-state index in [0.717, 1.165) is 6.42 Å². The van der Waals surface area contributed by atoms with Crippen molar-refractivity contribution in [3.8, 4) is 0 Å². The molecule has 0 saturated heterocycles. The van der Waals surface area contributed by atoms with Gasteiger partial charge >= 0.3 is 0 Å². The van der Waals surface area contributed by atoms with E-state index in [-0.39, 0.29) is 29.9 Å². The third-order valence-corrected chi connectivity index (χ3v) is 5.74. The number of rotatable bonds is 14. The standard InChI is InChI=1S/C29H35N9O4/c1-4-14-32-27-23(17-33-29(37-27)36-20-12-10-19(11-13-20)26(30)41)28(42)35-22-8-5-7-21(16-22)34-24(39)18-38(3)25(40)9-6-15-31-2/h5-13,16-17,31H,4,14-15,18H2,1-3H3,(H2,30,41)(H,34,39)(H,35,42)(H2,32,33,36,37)/b9-6+. The van der Waals surface area contributed by atoms with Crippen LogP contribution < -0.4 is 32.3 Å². The van der Waals surface area contributed by atoms with Gasteiger partial charge < -0.3 is 37.2 Å². The summed E-state index contributed by atoms with van der Waals surface area (Å²) < 4.78 is 0. The molecule has 0 bridgehead atoms. The summed E-state index contributed by atoms with van der Waals surface area (Å²) >= 11 is 0. The van der Waals surface area contributed by atoms with Gasteiger partial charge in [-0.15, -0.1) is 0 Å². The van der Waals surface area contributed by atoms with Crippen LogP contribution in [0.3, 0.4) is 0 Å². The molecule has 220 valence electrons. The van der Waals surface area contributed by atoms with Crippen molar-refractivity contribution in [3.63, 3.8) is 0 Å². The summed E-state index contributed by atoms with van der Waals surface area (Å²) in [6.45, 7) is 2.97. The van der Waals surface area contributed by atoms with Crippen molar-refractivity contribution in [2.45, 2.75) is 13.3 Å². The zero-order chi connectivity index (χ0) is 30.5. The van der Waals surface area contributed by atoms with Crippen LogP contribution in [0, 0.1) is 0 Å². The van der Waals surface area contributed by atoms with Gasteiger partial charge in [-0.05, 0) is 55.9 Å². The van der Waals surface area contributed by atoms with Gasteiger partial charge in [0.05, 0.1) is 6.54 Å². The Hall–Kier alpha value is -5.30. The molecule has 3 aromatic rings. The Morgan fingerprint density at radius 3 is 2.38 bits per heavy atom. The average molecular weight is 574 g/mol. The van der Waals surface area contributed by atoms with Gasteiger partial charge in [-0.25, -0.2) is 4.98 Å². The summed E-state index contributed by atoms with van der Waals surface area (Å²) in [5.41, 5.74) is 7.41. The Balaban J connectivity index is 1.68. The first-order valence-corrected chi connectivity index (χ1v) is 13.3. The number of benzene rings is 2. The zero-order valence-corrected chi connectivity index (χ0v) is 23.7. The Labute approximate surface area is 244 Å². The highest BCUT2D eigenvalue weighted by Gasteiger charge is 2.16. The van der Waals surface area contributed by atoms with Crippen molar-refractivity contribution in [1.82, 2.24) is 20.2 Å². The molecule has 0 aliphatic rings. The van der Waals surface area contributed by atoms with E-state index in [2.05, 4.69) is 36.6 Å². The SMILES string of the molecule is CCCNc1nc(Nc2ccc(C(N)=O)cc2)ncc1C(=O)Nc1cccc(NC(=O)CN(C)C(=O)/C=C/CNC)c1. The first-order valence-electron chi connectivity index (χ1n) is 13.3. The molecular weight excluding hydrogens is 538 g/mol. The molecule has 42 heavy (non-hydrogen) atoms. The van der Waals surface area contributed by atoms with Crippen LogP contribution in [-0.4, -0.2) is 72.2 Å². The fourth-order valence-electron chi connectivity index (χ4n) is 3.61. The molecule has 0 saturated carbocycles. The summed E-state index contributed by atoms with van der Waals surface area (Å²) in [7, 11) is 3.30. The van der Waals surface area contributed by atoms with Gasteiger partial charge in [0.1, 0.15) is 11.4 Å². The Bertz CT molecular complexity index is 1440. The monoisotopic (exact) mass is 573 g/mol. The fraction of sp³-hybridized carbons (Fsp3) is 0.241. The lowest BCUT2D eigenvalue weighted by molar-refractivity contribution is -0.129. The number of carbonyl (C=O) groups excluding carboxylic acids is 4. The van der Waals surface area contributed by atoms with Gasteiger partial charge in [0, 0.05) is 55.0 Å². The second-order valence-electron chi connectivity index (χ2n) is 9.19. The molecule has 0 fully saturated rings. The van der Waals surface area contributed by atoms with Gasteiger partial charge in [-0.1, -0.05) is 19.1 Å². The molecule has 0 aliphatic heterocycles. The predicted octanol–water partition coefficient (Wildman–Crippen LogP) is 2.57. The molecule has 0 unspecified atom stereocenters. The number of nitrogens with two attached hydrogens (primary N) is 1. The molecule has 2 aromatic carbocycles. The molecule has 13 nitrogen and oxygen atoms in total. The van der Waals surface area contributed by atoms with E-state index in [1.807, 2.05) is 6.92 Å². The van der Waals surface area contributed by atoms with E-state index in [0.29, 0.717) is 41.5 Å². The number of hydrogen-bond donors (Lipinski definition) is 6. The molecule has 4 amide bonds. The van der Waals surface area contributed by atoms with E-state index in [1.54, 1.807) is 61.7 Å². The molecule has 1 aromatic heterocycles. The van der Waals surface area contributed by atoms with Crippen LogP contribution in [0.25, 0.3) is 0 Å². The van der Waals surface area contributed by atoms with E-state index < -0.39 is 11.8 Å². The lowest BCUT2D eigenvalue weighted by atomic mass is 10.2. The quantitative estimate of drug-likeness (QED) is 0.158. The van der Waals surface area contributed by atoms with Crippen molar-refractivity contribution < 1.29 is 19.2 Å². The van der Waals surface area contributed by atoms with E-state index in [1.165, 1.54) is 24.2 Å². The Morgan fingerprint density at radius 1 is 1.00 bits per heavy atom. The number of nitrogens with zero attached hydrogens (tertiary/aromatic N) is 3. The lowest BCUT2D eigenvalue weighted by Gasteiger charge is -2.15. The number of amides is 4. The fourth-order valence-corrected chi connectivity index (χ4v) is 3.61. The predicted molar refractivity (Wildman–Crippen MR) is 163 cm³/mol. The molecule has 0 radical (unpaired) electrons. The number of aromatic nitrogens is 2. The molecule has 13 heteroatoms. The molecule has 0 spiro atoms. The van der Waals surface area contributed by atoms with Gasteiger partial charge in [0.15, 0.2) is 0 Å². The first-order chi connectivity index (χ1) is 20.2. The van der Waals surface area contributed by atoms with Gasteiger partial charge in [-0.2, -0.15) is 4.98 Å². The largest absolute Gasteiger partial charge is 0.369 e. The number of primary amides is 1. The molecule has 7 N–H and O–H groups in total. The third-order valence-electron chi connectivity index (χ3n) is 5.74. The highest BCUT2D eigenvalue weighted by Crippen LogP contribution is 2.21. The minimum absolute atomic E-state index is 0.140. The van der Waals surface area contributed by atoms with E-state index in [9.17, 15) is 19.2 Å². The smallest absolute Gasteiger partial charge is 0.260 e. The summed E-state index contributed by atoms with van der Waals surface area (Å²) in [6, 6.07) is 13.2. The third kappa shape index (κ3) is 9.41. The van der Waals surface area contributed by atoms with E-state index in [4.69, 9.17) is 5.73 Å². The second-order valence-corrected chi connectivity index (χ2v) is 9.19. The summed E-state index contributed by atoms with van der Waals surface area (Å²) in [5.74, 6) is -1.07. The zero-order valence-electron chi connectivity index (χ0n) is 23.7. The van der Waals surface area contributed by atoms with Crippen molar-refractivity contribution in [1.29, 1.82) is 0 Å². The van der Waals surface area contributed by atoms with Gasteiger partial charge in [0.2, 0.25) is 23.7 Å². The minimum atomic E-state index is -0.528. The summed E-state index contributed by atoms with van der Waals surface area (Å²) in [5, 5.41) is 14.6. The van der Waals surface area contributed by atoms with Gasteiger partial charge in [0.25, 0.3) is 5.91 Å². The van der Waals surface area contributed by atoms with E-state index >= 15 is 0 Å². The molecule has 1 heterocycles. The van der Waals surface area contributed by atoms with Crippen LogP contribution in [-0.2, 0) is 9.59 Å². The Morgan fingerprint density at radius 2 is 1.71 bits per heavy atom. The van der Waals surface area contributed by atoms with Crippen molar-refractivity contribution >= 4 is 52.5 Å². The maximum absolute atomic E-state index is 13.2.